The first-order valence-electron chi connectivity index (χ1n) is 6.95. The second kappa shape index (κ2) is 5.97. The highest BCUT2D eigenvalue weighted by Gasteiger charge is 2.26. The molecule has 1 aliphatic rings. The maximum Gasteiger partial charge on any atom is 0.228 e. The molecular formula is C15H17N5O. The predicted octanol–water partition coefficient (Wildman–Crippen LogP) is 1.43. The maximum absolute atomic E-state index is 12.1. The molecule has 108 valence electrons. The van der Waals surface area contributed by atoms with E-state index in [4.69, 9.17) is 0 Å². The standard InChI is InChI=1S/C15H17N5O/c1-20-7-5-11(10-20)15(21)19-12-8-17-14(18-9-12)13-4-2-3-6-16-13/h2-4,6,8-9,11H,5,7,10H2,1H3,(H,19,21). The Bertz CT molecular complexity index is 614. The molecule has 3 rings (SSSR count). The number of pyridine rings is 1. The topological polar surface area (TPSA) is 71.0 Å². The molecule has 1 unspecified atom stereocenters. The number of anilines is 1. The van der Waals surface area contributed by atoms with Gasteiger partial charge >= 0.3 is 0 Å². The normalized spacial score (nSPS) is 18.6. The van der Waals surface area contributed by atoms with Gasteiger partial charge in [0, 0.05) is 12.7 Å². The van der Waals surface area contributed by atoms with Crippen LogP contribution in [0, 0.1) is 5.92 Å². The Morgan fingerprint density at radius 2 is 2.10 bits per heavy atom. The fraction of sp³-hybridized carbons (Fsp3) is 0.333. The fourth-order valence-corrected chi connectivity index (χ4v) is 2.41. The zero-order chi connectivity index (χ0) is 14.7. The minimum atomic E-state index is 0.0357. The molecule has 0 aromatic carbocycles. The number of amides is 1. The Labute approximate surface area is 123 Å². The van der Waals surface area contributed by atoms with Crippen LogP contribution in [0.2, 0.25) is 0 Å². The highest BCUT2D eigenvalue weighted by atomic mass is 16.1. The molecule has 1 atom stereocenters. The Morgan fingerprint density at radius 3 is 2.71 bits per heavy atom. The van der Waals surface area contributed by atoms with Gasteiger partial charge in [0.1, 0.15) is 5.69 Å². The molecule has 0 spiro atoms. The SMILES string of the molecule is CN1CCC(C(=O)Nc2cnc(-c3ccccn3)nc2)C1. The first-order chi connectivity index (χ1) is 10.2. The first kappa shape index (κ1) is 13.6. The van der Waals surface area contributed by atoms with Crippen LogP contribution in [0.1, 0.15) is 6.42 Å². The molecule has 1 N–H and O–H groups in total. The van der Waals surface area contributed by atoms with Crippen LogP contribution in [-0.2, 0) is 4.79 Å². The van der Waals surface area contributed by atoms with Crippen LogP contribution in [0.15, 0.2) is 36.8 Å². The van der Waals surface area contributed by atoms with Crippen LogP contribution in [-0.4, -0.2) is 45.9 Å². The molecule has 1 aliphatic heterocycles. The Balaban J connectivity index is 1.66. The lowest BCUT2D eigenvalue weighted by atomic mass is 10.1. The van der Waals surface area contributed by atoms with Gasteiger partial charge in [-0.2, -0.15) is 0 Å². The molecule has 0 aliphatic carbocycles. The molecule has 2 aromatic heterocycles. The van der Waals surface area contributed by atoms with E-state index in [-0.39, 0.29) is 11.8 Å². The average molecular weight is 283 g/mol. The molecule has 1 saturated heterocycles. The monoisotopic (exact) mass is 283 g/mol. The molecule has 1 fully saturated rings. The third-order valence-corrected chi connectivity index (χ3v) is 3.58. The summed E-state index contributed by atoms with van der Waals surface area (Å²) in [5, 5.41) is 2.87. The van der Waals surface area contributed by atoms with Crippen LogP contribution < -0.4 is 5.32 Å². The van der Waals surface area contributed by atoms with Crippen molar-refractivity contribution in [2.24, 2.45) is 5.92 Å². The summed E-state index contributed by atoms with van der Waals surface area (Å²) in [6, 6.07) is 5.58. The average Bonchev–Trinajstić information content (AvgIpc) is 2.96. The third kappa shape index (κ3) is 3.22. The van der Waals surface area contributed by atoms with Crippen LogP contribution in [0.4, 0.5) is 5.69 Å². The van der Waals surface area contributed by atoms with E-state index < -0.39 is 0 Å². The number of aromatic nitrogens is 3. The van der Waals surface area contributed by atoms with Crippen molar-refractivity contribution in [3.8, 4) is 11.5 Å². The summed E-state index contributed by atoms with van der Waals surface area (Å²) in [6.45, 7) is 1.77. The summed E-state index contributed by atoms with van der Waals surface area (Å²) in [6.07, 6.45) is 5.83. The molecule has 0 bridgehead atoms. The number of nitrogens with one attached hydrogen (secondary N) is 1. The number of rotatable bonds is 3. The fourth-order valence-electron chi connectivity index (χ4n) is 2.41. The van der Waals surface area contributed by atoms with Crippen molar-refractivity contribution >= 4 is 11.6 Å². The molecule has 2 aromatic rings. The number of nitrogens with zero attached hydrogens (tertiary/aromatic N) is 4. The second-order valence-electron chi connectivity index (χ2n) is 5.25. The molecule has 3 heterocycles. The number of likely N-dealkylation sites (tertiary alicyclic amines) is 1. The van der Waals surface area contributed by atoms with Crippen molar-refractivity contribution in [1.29, 1.82) is 0 Å². The summed E-state index contributed by atoms with van der Waals surface area (Å²) >= 11 is 0. The number of hydrogen-bond donors (Lipinski definition) is 1. The van der Waals surface area contributed by atoms with E-state index in [1.54, 1.807) is 18.6 Å². The van der Waals surface area contributed by atoms with Crippen molar-refractivity contribution in [2.75, 3.05) is 25.5 Å². The van der Waals surface area contributed by atoms with E-state index in [1.165, 1.54) is 0 Å². The number of carbonyl (C=O) groups excluding carboxylic acids is 1. The Kier molecular flexibility index (Phi) is 3.87. The predicted molar refractivity (Wildman–Crippen MR) is 79.5 cm³/mol. The van der Waals surface area contributed by atoms with Gasteiger partial charge in [-0.05, 0) is 32.1 Å². The van der Waals surface area contributed by atoms with Gasteiger partial charge in [0.05, 0.1) is 24.0 Å². The molecule has 21 heavy (non-hydrogen) atoms. The smallest absolute Gasteiger partial charge is 0.228 e. The zero-order valence-corrected chi connectivity index (χ0v) is 11.9. The first-order valence-corrected chi connectivity index (χ1v) is 6.95. The number of hydrogen-bond acceptors (Lipinski definition) is 5. The van der Waals surface area contributed by atoms with Crippen LogP contribution >= 0.6 is 0 Å². The van der Waals surface area contributed by atoms with Crippen molar-refractivity contribution < 1.29 is 4.79 Å². The largest absolute Gasteiger partial charge is 0.323 e. The Morgan fingerprint density at radius 1 is 1.29 bits per heavy atom. The van der Waals surface area contributed by atoms with Gasteiger partial charge in [0.25, 0.3) is 0 Å². The van der Waals surface area contributed by atoms with Crippen molar-refractivity contribution in [3.05, 3.63) is 36.8 Å². The summed E-state index contributed by atoms with van der Waals surface area (Å²) < 4.78 is 0. The van der Waals surface area contributed by atoms with Gasteiger partial charge in [0.2, 0.25) is 5.91 Å². The maximum atomic E-state index is 12.1. The molecule has 1 amide bonds. The van der Waals surface area contributed by atoms with Crippen LogP contribution in [0.3, 0.4) is 0 Å². The van der Waals surface area contributed by atoms with Crippen molar-refractivity contribution in [3.63, 3.8) is 0 Å². The van der Waals surface area contributed by atoms with Gasteiger partial charge < -0.3 is 10.2 Å². The van der Waals surface area contributed by atoms with Gasteiger partial charge in [-0.1, -0.05) is 6.07 Å². The lowest BCUT2D eigenvalue weighted by Gasteiger charge is -2.11. The number of carbonyl (C=O) groups is 1. The summed E-state index contributed by atoms with van der Waals surface area (Å²) in [4.78, 5) is 26.9. The van der Waals surface area contributed by atoms with Gasteiger partial charge in [-0.3, -0.25) is 9.78 Å². The minimum Gasteiger partial charge on any atom is -0.323 e. The van der Waals surface area contributed by atoms with Crippen molar-refractivity contribution in [1.82, 2.24) is 19.9 Å². The molecule has 0 radical (unpaired) electrons. The highest BCUT2D eigenvalue weighted by molar-refractivity contribution is 5.92. The summed E-state index contributed by atoms with van der Waals surface area (Å²) in [5.74, 6) is 0.633. The highest BCUT2D eigenvalue weighted by Crippen LogP contribution is 2.17. The molecule has 6 heteroatoms. The van der Waals surface area contributed by atoms with E-state index in [2.05, 4.69) is 25.2 Å². The summed E-state index contributed by atoms with van der Waals surface area (Å²) in [7, 11) is 2.03. The van der Waals surface area contributed by atoms with E-state index in [0.29, 0.717) is 17.2 Å². The Hall–Kier alpha value is -2.34. The van der Waals surface area contributed by atoms with E-state index in [1.807, 2.05) is 25.2 Å². The third-order valence-electron chi connectivity index (χ3n) is 3.58. The zero-order valence-electron chi connectivity index (χ0n) is 11.9. The molecule has 0 saturated carbocycles. The summed E-state index contributed by atoms with van der Waals surface area (Å²) in [5.41, 5.74) is 1.34. The van der Waals surface area contributed by atoms with Gasteiger partial charge in [0.15, 0.2) is 5.82 Å². The molecule has 6 nitrogen and oxygen atoms in total. The van der Waals surface area contributed by atoms with Crippen molar-refractivity contribution in [2.45, 2.75) is 6.42 Å². The van der Waals surface area contributed by atoms with E-state index in [9.17, 15) is 4.79 Å². The second-order valence-corrected chi connectivity index (χ2v) is 5.25. The van der Waals surface area contributed by atoms with Crippen LogP contribution in [0.5, 0.6) is 0 Å². The lowest BCUT2D eigenvalue weighted by Crippen LogP contribution is -2.25. The lowest BCUT2D eigenvalue weighted by molar-refractivity contribution is -0.119. The van der Waals surface area contributed by atoms with Crippen LogP contribution in [0.25, 0.3) is 11.5 Å². The minimum absolute atomic E-state index is 0.0357. The van der Waals surface area contributed by atoms with Gasteiger partial charge in [-0.25, -0.2) is 9.97 Å². The quantitative estimate of drug-likeness (QED) is 0.922. The van der Waals surface area contributed by atoms with E-state index in [0.717, 1.165) is 19.5 Å². The van der Waals surface area contributed by atoms with Gasteiger partial charge in [-0.15, -0.1) is 0 Å². The molecular weight excluding hydrogens is 266 g/mol. The van der Waals surface area contributed by atoms with E-state index >= 15 is 0 Å².